The molecule has 7 heteroatoms. The summed E-state index contributed by atoms with van der Waals surface area (Å²) in [7, 11) is 3.18. The van der Waals surface area contributed by atoms with Crippen LogP contribution in [0.3, 0.4) is 0 Å². The first-order chi connectivity index (χ1) is 12.6. The maximum absolute atomic E-state index is 12.7. The highest BCUT2D eigenvalue weighted by Gasteiger charge is 2.40. The summed E-state index contributed by atoms with van der Waals surface area (Å²) < 4.78 is 10.5. The fourth-order valence-electron chi connectivity index (χ4n) is 3.34. The fraction of sp³-hybridized carbons (Fsp3) is 0.579. The van der Waals surface area contributed by atoms with E-state index in [4.69, 9.17) is 14.6 Å². The van der Waals surface area contributed by atoms with Crippen molar-refractivity contribution in [1.29, 1.82) is 0 Å². The molecule has 1 saturated heterocycles. The second-order valence-corrected chi connectivity index (χ2v) is 6.31. The van der Waals surface area contributed by atoms with Crippen LogP contribution in [-0.2, 0) is 14.3 Å². The maximum atomic E-state index is 12.7. The molecule has 1 aromatic rings. The molecule has 1 aliphatic rings. The normalized spacial score (nSPS) is 20.1. The monoisotopic (exact) mass is 364 g/mol. The van der Waals surface area contributed by atoms with Crippen molar-refractivity contribution in [3.8, 4) is 5.75 Å². The second-order valence-electron chi connectivity index (χ2n) is 6.31. The number of amides is 2. The van der Waals surface area contributed by atoms with Gasteiger partial charge in [0.15, 0.2) is 0 Å². The van der Waals surface area contributed by atoms with Gasteiger partial charge in [-0.05, 0) is 30.5 Å². The first-order valence-electron chi connectivity index (χ1n) is 8.93. The highest BCUT2D eigenvalue weighted by molar-refractivity contribution is 5.85. The Kier molecular flexibility index (Phi) is 7.87. The predicted molar refractivity (Wildman–Crippen MR) is 96.8 cm³/mol. The Morgan fingerprint density at radius 2 is 2.19 bits per heavy atom. The number of methoxy groups -OCH3 is 2. The number of aliphatic hydroxyl groups is 1. The Morgan fingerprint density at radius 1 is 1.38 bits per heavy atom. The van der Waals surface area contributed by atoms with E-state index in [-0.39, 0.29) is 30.4 Å². The number of carbonyl (C=O) groups excluding carboxylic acids is 2. The number of piperidine rings is 1. The van der Waals surface area contributed by atoms with Crippen molar-refractivity contribution >= 4 is 11.8 Å². The van der Waals surface area contributed by atoms with E-state index in [1.807, 2.05) is 24.3 Å². The van der Waals surface area contributed by atoms with Crippen LogP contribution in [0.4, 0.5) is 0 Å². The summed E-state index contributed by atoms with van der Waals surface area (Å²) in [5.74, 6) is 0.262. The Labute approximate surface area is 154 Å². The Bertz CT molecular complexity index is 607. The molecule has 0 aromatic heterocycles. The number of ether oxygens (including phenoxy) is 2. The molecule has 0 unspecified atom stereocenters. The largest absolute Gasteiger partial charge is 0.497 e. The van der Waals surface area contributed by atoms with Crippen molar-refractivity contribution in [3.05, 3.63) is 29.8 Å². The average molecular weight is 364 g/mol. The lowest BCUT2D eigenvalue weighted by Crippen LogP contribution is -2.49. The minimum absolute atomic E-state index is 0.0225. The lowest BCUT2D eigenvalue weighted by molar-refractivity contribution is -0.144. The van der Waals surface area contributed by atoms with Gasteiger partial charge in [-0.3, -0.25) is 9.59 Å². The van der Waals surface area contributed by atoms with Gasteiger partial charge in [0.25, 0.3) is 0 Å². The van der Waals surface area contributed by atoms with Crippen LogP contribution in [0, 0.1) is 5.92 Å². The number of benzene rings is 1. The van der Waals surface area contributed by atoms with Gasteiger partial charge < -0.3 is 24.8 Å². The maximum Gasteiger partial charge on any atom is 0.225 e. The number of rotatable bonds is 9. The summed E-state index contributed by atoms with van der Waals surface area (Å²) in [6.45, 7) is 1.29. The number of hydrogen-bond acceptors (Lipinski definition) is 5. The molecule has 1 aliphatic heterocycles. The van der Waals surface area contributed by atoms with Crippen molar-refractivity contribution in [3.63, 3.8) is 0 Å². The molecule has 26 heavy (non-hydrogen) atoms. The van der Waals surface area contributed by atoms with Crippen LogP contribution >= 0.6 is 0 Å². The topological polar surface area (TPSA) is 88.1 Å². The quantitative estimate of drug-likeness (QED) is 0.641. The van der Waals surface area contributed by atoms with Gasteiger partial charge in [-0.25, -0.2) is 0 Å². The van der Waals surface area contributed by atoms with Gasteiger partial charge in [0.2, 0.25) is 11.8 Å². The molecule has 2 N–H and O–H groups in total. The minimum Gasteiger partial charge on any atom is -0.497 e. The molecule has 0 saturated carbocycles. The third kappa shape index (κ3) is 4.95. The van der Waals surface area contributed by atoms with Crippen molar-refractivity contribution in [2.75, 3.05) is 40.5 Å². The summed E-state index contributed by atoms with van der Waals surface area (Å²) in [6, 6.07) is 7.12. The van der Waals surface area contributed by atoms with Gasteiger partial charge in [-0.2, -0.15) is 0 Å². The van der Waals surface area contributed by atoms with Crippen LogP contribution < -0.4 is 10.1 Å². The molecule has 144 valence electrons. The van der Waals surface area contributed by atoms with Crippen LogP contribution in [0.15, 0.2) is 24.3 Å². The molecule has 0 radical (unpaired) electrons. The van der Waals surface area contributed by atoms with E-state index < -0.39 is 0 Å². The van der Waals surface area contributed by atoms with Crippen LogP contribution in [0.5, 0.6) is 5.75 Å². The molecule has 0 spiro atoms. The number of hydrogen-bond donors (Lipinski definition) is 2. The molecular weight excluding hydrogens is 336 g/mol. The summed E-state index contributed by atoms with van der Waals surface area (Å²) in [4.78, 5) is 27.0. The third-order valence-corrected chi connectivity index (χ3v) is 4.65. The van der Waals surface area contributed by atoms with Crippen LogP contribution in [0.25, 0.3) is 0 Å². The van der Waals surface area contributed by atoms with Gasteiger partial charge >= 0.3 is 0 Å². The van der Waals surface area contributed by atoms with Gasteiger partial charge in [-0.1, -0.05) is 12.1 Å². The zero-order valence-electron chi connectivity index (χ0n) is 15.4. The highest BCUT2D eigenvalue weighted by Crippen LogP contribution is 2.37. The Balaban J connectivity index is 2.31. The summed E-state index contributed by atoms with van der Waals surface area (Å²) in [5, 5.41) is 11.8. The standard InChI is InChI=1S/C19H28N2O5/c1-25-12-10-21-17(23)8-7-16(19(24)20-9-4-11-22)18(21)14-5-3-6-15(13-14)26-2/h3,5-6,13,16,18,22H,4,7-12H2,1-2H3,(H,20,24)/t16-,18+/m1/s1. The zero-order valence-corrected chi connectivity index (χ0v) is 15.4. The van der Waals surface area contributed by atoms with E-state index in [2.05, 4.69) is 5.32 Å². The zero-order chi connectivity index (χ0) is 18.9. The number of carbonyl (C=O) groups is 2. The molecule has 1 fully saturated rings. The van der Waals surface area contributed by atoms with E-state index in [1.165, 1.54) is 0 Å². The Hall–Kier alpha value is -2.12. The van der Waals surface area contributed by atoms with Crippen LogP contribution in [0.1, 0.15) is 30.9 Å². The van der Waals surface area contributed by atoms with Gasteiger partial charge in [0.1, 0.15) is 5.75 Å². The smallest absolute Gasteiger partial charge is 0.225 e. The third-order valence-electron chi connectivity index (χ3n) is 4.65. The highest BCUT2D eigenvalue weighted by atomic mass is 16.5. The first kappa shape index (κ1) is 20.2. The molecule has 2 amide bonds. The molecule has 7 nitrogen and oxygen atoms in total. The van der Waals surface area contributed by atoms with Crippen molar-refractivity contribution in [2.24, 2.45) is 5.92 Å². The summed E-state index contributed by atoms with van der Waals surface area (Å²) in [5.41, 5.74) is 0.871. The van der Waals surface area contributed by atoms with Crippen molar-refractivity contribution in [1.82, 2.24) is 10.2 Å². The van der Waals surface area contributed by atoms with E-state index in [9.17, 15) is 9.59 Å². The van der Waals surface area contributed by atoms with E-state index >= 15 is 0 Å². The molecule has 2 atom stereocenters. The SMILES string of the molecule is COCCN1C(=O)CC[C@@H](C(=O)NCCCO)[C@@H]1c1cccc(OC)c1. The molecule has 1 heterocycles. The van der Waals surface area contributed by atoms with Gasteiger partial charge in [0, 0.05) is 33.2 Å². The van der Waals surface area contributed by atoms with Crippen molar-refractivity contribution < 1.29 is 24.2 Å². The van der Waals surface area contributed by atoms with Crippen LogP contribution in [0.2, 0.25) is 0 Å². The molecule has 0 bridgehead atoms. The first-order valence-corrected chi connectivity index (χ1v) is 8.93. The molecular formula is C19H28N2O5. The number of likely N-dealkylation sites (tertiary alicyclic amines) is 1. The predicted octanol–water partition coefficient (Wildman–Crippen LogP) is 1.12. The number of aliphatic hydroxyl groups excluding tert-OH is 1. The van der Waals surface area contributed by atoms with Crippen LogP contribution in [-0.4, -0.2) is 62.3 Å². The lowest BCUT2D eigenvalue weighted by atomic mass is 9.83. The van der Waals surface area contributed by atoms with Gasteiger partial charge in [0.05, 0.1) is 25.7 Å². The fourth-order valence-corrected chi connectivity index (χ4v) is 3.34. The minimum atomic E-state index is -0.365. The van der Waals surface area contributed by atoms with E-state index in [0.717, 1.165) is 5.56 Å². The second kappa shape index (κ2) is 10.1. The number of nitrogens with one attached hydrogen (secondary N) is 1. The lowest BCUT2D eigenvalue weighted by Gasteiger charge is -2.40. The van der Waals surface area contributed by atoms with Crippen molar-refractivity contribution in [2.45, 2.75) is 25.3 Å². The van der Waals surface area contributed by atoms with Gasteiger partial charge in [-0.15, -0.1) is 0 Å². The number of nitrogens with zero attached hydrogens (tertiary/aromatic N) is 1. The molecule has 2 rings (SSSR count). The van der Waals surface area contributed by atoms with E-state index in [1.54, 1.807) is 19.1 Å². The van der Waals surface area contributed by atoms with E-state index in [0.29, 0.717) is 44.7 Å². The average Bonchev–Trinajstić information content (AvgIpc) is 2.66. The molecule has 1 aromatic carbocycles. The summed E-state index contributed by atoms with van der Waals surface area (Å²) >= 11 is 0. The molecule has 0 aliphatic carbocycles. The Morgan fingerprint density at radius 3 is 2.88 bits per heavy atom. The summed E-state index contributed by atoms with van der Waals surface area (Å²) in [6.07, 6.45) is 1.34.